The Morgan fingerprint density at radius 1 is 1.17 bits per heavy atom. The van der Waals surface area contributed by atoms with Crippen LogP contribution in [-0.4, -0.2) is 68.0 Å². The first-order chi connectivity index (χ1) is 13.8. The molecule has 1 fully saturated rings. The summed E-state index contributed by atoms with van der Waals surface area (Å²) < 4.78 is 23.2. The minimum Gasteiger partial charge on any atom is -0.359 e. The van der Waals surface area contributed by atoms with Crippen molar-refractivity contribution in [2.45, 2.75) is 24.3 Å². The maximum Gasteiger partial charge on any atom is 0.242 e. The number of aromatic nitrogens is 2. The molecule has 9 nitrogen and oxygen atoms in total. The number of primary sulfonamides is 1. The molecule has 1 saturated heterocycles. The first kappa shape index (κ1) is 19.6. The highest BCUT2D eigenvalue weighted by Gasteiger charge is 2.31. The molecule has 0 bridgehead atoms. The van der Waals surface area contributed by atoms with Gasteiger partial charge in [0.1, 0.15) is 0 Å². The molecule has 0 saturated carbocycles. The van der Waals surface area contributed by atoms with E-state index in [9.17, 15) is 13.2 Å². The number of anilines is 2. The van der Waals surface area contributed by atoms with Crippen molar-refractivity contribution in [1.29, 1.82) is 0 Å². The van der Waals surface area contributed by atoms with E-state index in [-0.39, 0.29) is 23.4 Å². The largest absolute Gasteiger partial charge is 0.359 e. The molecule has 2 N–H and O–H groups in total. The normalized spacial score (nSPS) is 19.4. The Labute approximate surface area is 170 Å². The van der Waals surface area contributed by atoms with Crippen LogP contribution in [0.15, 0.2) is 41.6 Å². The van der Waals surface area contributed by atoms with Crippen molar-refractivity contribution in [3.05, 3.63) is 42.2 Å². The zero-order valence-corrected chi connectivity index (χ0v) is 17.0. The number of hydrogen-bond donors (Lipinski definition) is 1. The van der Waals surface area contributed by atoms with Crippen molar-refractivity contribution in [3.63, 3.8) is 0 Å². The van der Waals surface area contributed by atoms with Gasteiger partial charge in [-0.1, -0.05) is 0 Å². The fourth-order valence-electron chi connectivity index (χ4n) is 3.95. The third-order valence-electron chi connectivity index (χ3n) is 5.51. The number of amides is 1. The highest BCUT2D eigenvalue weighted by atomic mass is 32.2. The predicted octanol–water partition coefficient (Wildman–Crippen LogP) is 0.224. The van der Waals surface area contributed by atoms with Crippen molar-refractivity contribution in [3.8, 4) is 0 Å². The van der Waals surface area contributed by atoms with Crippen molar-refractivity contribution in [2.24, 2.45) is 5.14 Å². The van der Waals surface area contributed by atoms with Gasteiger partial charge in [-0.2, -0.15) is 0 Å². The van der Waals surface area contributed by atoms with E-state index in [4.69, 9.17) is 5.14 Å². The number of hydrogen-bond acceptors (Lipinski definition) is 7. The zero-order chi connectivity index (χ0) is 20.6. The van der Waals surface area contributed by atoms with E-state index in [1.54, 1.807) is 30.6 Å². The Hall–Kier alpha value is -2.72. The molecule has 2 aliphatic rings. The maximum atomic E-state index is 12.9. The summed E-state index contributed by atoms with van der Waals surface area (Å²) in [6.07, 6.45) is 4.12. The summed E-state index contributed by atoms with van der Waals surface area (Å²) in [5, 5.41) is 5.24. The van der Waals surface area contributed by atoms with Crippen molar-refractivity contribution in [2.75, 3.05) is 42.5 Å². The van der Waals surface area contributed by atoms with Crippen LogP contribution in [0.2, 0.25) is 0 Å². The first-order valence-electron chi connectivity index (χ1n) is 9.55. The molecule has 0 unspecified atom stereocenters. The lowest BCUT2D eigenvalue weighted by molar-refractivity contribution is -0.130. The van der Waals surface area contributed by atoms with E-state index < -0.39 is 10.0 Å². The molecule has 10 heteroatoms. The van der Waals surface area contributed by atoms with Crippen LogP contribution in [0.4, 0.5) is 11.6 Å². The topological polar surface area (TPSA) is 113 Å². The lowest BCUT2D eigenvalue weighted by Gasteiger charge is -2.36. The smallest absolute Gasteiger partial charge is 0.242 e. The summed E-state index contributed by atoms with van der Waals surface area (Å²) in [4.78, 5) is 27.5. The van der Waals surface area contributed by atoms with E-state index in [2.05, 4.69) is 14.9 Å². The van der Waals surface area contributed by atoms with Crippen LogP contribution < -0.4 is 14.9 Å². The van der Waals surface area contributed by atoms with Gasteiger partial charge in [-0.15, -0.1) is 0 Å². The van der Waals surface area contributed by atoms with Gasteiger partial charge in [-0.05, 0) is 43.2 Å². The Kier molecular flexibility index (Phi) is 5.13. The number of fused-ring (bicyclic) bond motifs is 1. The molecule has 0 aliphatic carbocycles. The van der Waals surface area contributed by atoms with Crippen LogP contribution in [0.5, 0.6) is 0 Å². The minimum atomic E-state index is -3.74. The summed E-state index contributed by atoms with van der Waals surface area (Å²) in [7, 11) is -3.74. The third kappa shape index (κ3) is 4.03. The van der Waals surface area contributed by atoms with Gasteiger partial charge in [-0.25, -0.2) is 23.5 Å². The molecular weight excluding hydrogens is 392 g/mol. The van der Waals surface area contributed by atoms with Gasteiger partial charge in [0.15, 0.2) is 0 Å². The van der Waals surface area contributed by atoms with Crippen molar-refractivity contribution >= 4 is 27.6 Å². The van der Waals surface area contributed by atoms with E-state index in [1.165, 1.54) is 6.07 Å². The van der Waals surface area contributed by atoms with Crippen molar-refractivity contribution in [1.82, 2.24) is 14.9 Å². The van der Waals surface area contributed by atoms with E-state index in [0.717, 1.165) is 11.3 Å². The summed E-state index contributed by atoms with van der Waals surface area (Å²) in [5.41, 5.74) is 1.80. The van der Waals surface area contributed by atoms with E-state index in [1.807, 2.05) is 16.7 Å². The van der Waals surface area contributed by atoms with E-state index >= 15 is 0 Å². The number of nitrogens with zero attached hydrogens (tertiary/aromatic N) is 5. The summed E-state index contributed by atoms with van der Waals surface area (Å²) in [6.45, 7) is 4.94. The molecule has 1 aromatic heterocycles. The van der Waals surface area contributed by atoms with Crippen LogP contribution >= 0.6 is 0 Å². The highest BCUT2D eigenvalue weighted by Crippen LogP contribution is 2.33. The predicted molar refractivity (Wildman–Crippen MR) is 109 cm³/mol. The number of nitrogens with two attached hydrogens (primary N) is 1. The second kappa shape index (κ2) is 7.60. The van der Waals surface area contributed by atoms with Gasteiger partial charge in [0, 0.05) is 50.3 Å². The van der Waals surface area contributed by atoms with Crippen LogP contribution in [-0.2, 0) is 21.2 Å². The van der Waals surface area contributed by atoms with Gasteiger partial charge in [0.05, 0.1) is 11.4 Å². The van der Waals surface area contributed by atoms with Gasteiger partial charge in [-0.3, -0.25) is 4.79 Å². The van der Waals surface area contributed by atoms with E-state index in [0.29, 0.717) is 38.5 Å². The number of piperazine rings is 1. The Balaban J connectivity index is 1.41. The molecule has 1 amide bonds. The molecule has 4 rings (SSSR count). The summed E-state index contributed by atoms with van der Waals surface area (Å²) in [5.74, 6) is 0.751. The molecule has 1 atom stereocenters. The van der Waals surface area contributed by atoms with Crippen LogP contribution in [0, 0.1) is 0 Å². The molecule has 2 aliphatic heterocycles. The van der Waals surface area contributed by atoms with Gasteiger partial charge >= 0.3 is 0 Å². The Morgan fingerprint density at radius 2 is 1.86 bits per heavy atom. The molecule has 154 valence electrons. The molecule has 3 heterocycles. The molecular formula is C19H24N6O3S. The average molecular weight is 417 g/mol. The number of carbonyl (C=O) groups is 1. The molecule has 0 radical (unpaired) electrons. The molecule has 2 aromatic rings. The molecule has 1 aromatic carbocycles. The van der Waals surface area contributed by atoms with Crippen LogP contribution in [0.3, 0.4) is 0 Å². The SMILES string of the molecule is C[C@@H]1Cc2cc(S(N)(=O)=O)ccc2N1CC(=O)N1CCN(c2ncccn2)CC1. The number of sulfonamides is 1. The average Bonchev–Trinajstić information content (AvgIpc) is 3.02. The number of carbonyl (C=O) groups excluding carboxylic acids is 1. The fraction of sp³-hybridized carbons (Fsp3) is 0.421. The Bertz CT molecular complexity index is 1010. The first-order valence-corrected chi connectivity index (χ1v) is 11.1. The third-order valence-corrected chi connectivity index (χ3v) is 6.42. The number of rotatable bonds is 4. The lowest BCUT2D eigenvalue weighted by Crippen LogP contribution is -2.52. The second-order valence-electron chi connectivity index (χ2n) is 7.43. The number of benzene rings is 1. The van der Waals surface area contributed by atoms with Gasteiger partial charge in [0.2, 0.25) is 21.9 Å². The monoisotopic (exact) mass is 416 g/mol. The van der Waals surface area contributed by atoms with Crippen LogP contribution in [0.1, 0.15) is 12.5 Å². The fourth-order valence-corrected chi connectivity index (χ4v) is 4.51. The Morgan fingerprint density at radius 3 is 2.52 bits per heavy atom. The molecule has 0 spiro atoms. The summed E-state index contributed by atoms with van der Waals surface area (Å²) in [6, 6.07) is 6.76. The lowest BCUT2D eigenvalue weighted by atomic mass is 10.1. The quantitative estimate of drug-likeness (QED) is 0.759. The van der Waals surface area contributed by atoms with Crippen molar-refractivity contribution < 1.29 is 13.2 Å². The standard InChI is InChI=1S/C19H24N6O3S/c1-14-11-15-12-16(29(20,27)28)3-4-17(15)25(14)13-18(26)23-7-9-24(10-8-23)19-21-5-2-6-22-19/h2-6,12,14H,7-11,13H2,1H3,(H2,20,27,28)/t14-/m1/s1. The van der Waals surface area contributed by atoms with Gasteiger partial charge < -0.3 is 14.7 Å². The zero-order valence-electron chi connectivity index (χ0n) is 16.2. The second-order valence-corrected chi connectivity index (χ2v) is 8.99. The van der Waals surface area contributed by atoms with Crippen LogP contribution in [0.25, 0.3) is 0 Å². The molecule has 29 heavy (non-hydrogen) atoms. The van der Waals surface area contributed by atoms with Gasteiger partial charge in [0.25, 0.3) is 0 Å². The minimum absolute atomic E-state index is 0.0638. The highest BCUT2D eigenvalue weighted by molar-refractivity contribution is 7.89. The maximum absolute atomic E-state index is 12.9. The summed E-state index contributed by atoms with van der Waals surface area (Å²) >= 11 is 0.